The van der Waals surface area contributed by atoms with Crippen LogP contribution in [0.5, 0.6) is 0 Å². The molecule has 0 aliphatic heterocycles. The number of rotatable bonds is 4. The molecular formula is C12H11ClN4S. The number of nitrogen functional groups attached to an aromatic ring is 1. The van der Waals surface area contributed by atoms with Crippen LogP contribution < -0.4 is 5.73 Å². The van der Waals surface area contributed by atoms with Gasteiger partial charge in [-0.25, -0.2) is 9.97 Å². The third kappa shape index (κ3) is 3.21. The van der Waals surface area contributed by atoms with Gasteiger partial charge in [0.1, 0.15) is 16.6 Å². The molecule has 0 saturated carbocycles. The predicted octanol–water partition coefficient (Wildman–Crippen LogP) is 2.71. The summed E-state index contributed by atoms with van der Waals surface area (Å²) in [6.07, 6.45) is 3.11. The topological polar surface area (TPSA) is 75.7 Å². The van der Waals surface area contributed by atoms with E-state index in [4.69, 9.17) is 22.7 Å². The number of benzene rings is 1. The molecular weight excluding hydrogens is 268 g/mol. The lowest BCUT2D eigenvalue weighted by Crippen LogP contribution is -2.13. The van der Waals surface area contributed by atoms with Gasteiger partial charge >= 0.3 is 0 Å². The minimum atomic E-state index is -0.0786. The maximum absolute atomic E-state index is 7.22. The van der Waals surface area contributed by atoms with Gasteiger partial charge in [0.2, 0.25) is 0 Å². The first-order valence-corrected chi connectivity index (χ1v) is 6.56. The molecule has 4 nitrogen and oxygen atoms in total. The van der Waals surface area contributed by atoms with Gasteiger partial charge < -0.3 is 5.73 Å². The molecule has 0 amide bonds. The highest BCUT2D eigenvalue weighted by molar-refractivity contribution is 7.98. The van der Waals surface area contributed by atoms with Gasteiger partial charge in [0.05, 0.1) is 12.4 Å². The number of nitrogens with zero attached hydrogens (tertiary/aromatic N) is 2. The van der Waals surface area contributed by atoms with E-state index in [1.54, 1.807) is 6.20 Å². The first kappa shape index (κ1) is 12.9. The summed E-state index contributed by atoms with van der Waals surface area (Å²) in [5, 5.41) is 8.75. The molecule has 0 unspecified atom stereocenters. The van der Waals surface area contributed by atoms with Crippen molar-refractivity contribution in [1.29, 1.82) is 5.41 Å². The Morgan fingerprint density at radius 1 is 1.28 bits per heavy atom. The molecule has 0 fully saturated rings. The molecule has 2 rings (SSSR count). The van der Waals surface area contributed by atoms with Crippen LogP contribution in [-0.2, 0) is 5.75 Å². The Bertz CT molecular complexity index is 556. The monoisotopic (exact) mass is 278 g/mol. The number of aromatic nitrogens is 2. The zero-order valence-corrected chi connectivity index (χ0v) is 11.0. The van der Waals surface area contributed by atoms with Crippen LogP contribution >= 0.6 is 23.4 Å². The van der Waals surface area contributed by atoms with E-state index in [1.165, 1.54) is 18.0 Å². The van der Waals surface area contributed by atoms with E-state index in [0.717, 1.165) is 21.4 Å². The number of hydrogen-bond donors (Lipinski definition) is 2. The van der Waals surface area contributed by atoms with E-state index in [-0.39, 0.29) is 5.84 Å². The fourth-order valence-electron chi connectivity index (χ4n) is 1.30. The van der Waals surface area contributed by atoms with Crippen LogP contribution in [0.2, 0.25) is 5.02 Å². The second kappa shape index (κ2) is 5.84. The van der Waals surface area contributed by atoms with E-state index < -0.39 is 0 Å². The molecule has 0 aliphatic rings. The van der Waals surface area contributed by atoms with E-state index in [2.05, 4.69) is 9.97 Å². The van der Waals surface area contributed by atoms with Gasteiger partial charge in [-0.05, 0) is 11.6 Å². The van der Waals surface area contributed by atoms with Crippen molar-refractivity contribution in [3.8, 4) is 0 Å². The Kier molecular flexibility index (Phi) is 4.17. The SMILES string of the molecule is N=C(N)c1cnc(SCc2ccccc2Cl)cn1. The molecule has 1 heterocycles. The minimum Gasteiger partial charge on any atom is -0.382 e. The van der Waals surface area contributed by atoms with Gasteiger partial charge in [0.15, 0.2) is 0 Å². The zero-order valence-electron chi connectivity index (χ0n) is 9.43. The van der Waals surface area contributed by atoms with Gasteiger partial charge in [-0.15, -0.1) is 11.8 Å². The molecule has 2 aromatic rings. The standard InChI is InChI=1S/C12H11ClN4S/c13-9-4-2-1-3-8(9)7-18-11-6-16-10(5-17-11)12(14)15/h1-6H,7H2,(H3,14,15). The number of amidine groups is 1. The van der Waals surface area contributed by atoms with Crippen molar-refractivity contribution in [2.24, 2.45) is 5.73 Å². The summed E-state index contributed by atoms with van der Waals surface area (Å²) >= 11 is 7.60. The highest BCUT2D eigenvalue weighted by Crippen LogP contribution is 2.24. The first-order valence-electron chi connectivity index (χ1n) is 5.19. The first-order chi connectivity index (χ1) is 8.66. The number of hydrogen-bond acceptors (Lipinski definition) is 4. The summed E-state index contributed by atoms with van der Waals surface area (Å²) in [6.45, 7) is 0. The van der Waals surface area contributed by atoms with Crippen molar-refractivity contribution in [2.45, 2.75) is 10.8 Å². The average Bonchev–Trinajstić information content (AvgIpc) is 2.38. The molecule has 0 aliphatic carbocycles. The number of halogens is 1. The van der Waals surface area contributed by atoms with Crippen LogP contribution in [0.25, 0.3) is 0 Å². The van der Waals surface area contributed by atoms with E-state index in [9.17, 15) is 0 Å². The van der Waals surface area contributed by atoms with Crippen LogP contribution in [0.15, 0.2) is 41.7 Å². The second-order valence-electron chi connectivity index (χ2n) is 3.53. The van der Waals surface area contributed by atoms with Crippen molar-refractivity contribution >= 4 is 29.2 Å². The smallest absolute Gasteiger partial charge is 0.143 e. The number of thioether (sulfide) groups is 1. The second-order valence-corrected chi connectivity index (χ2v) is 4.94. The van der Waals surface area contributed by atoms with E-state index >= 15 is 0 Å². The number of nitrogens with two attached hydrogens (primary N) is 1. The fraction of sp³-hybridized carbons (Fsp3) is 0.0833. The Morgan fingerprint density at radius 2 is 2.06 bits per heavy atom. The van der Waals surface area contributed by atoms with Crippen LogP contribution in [0, 0.1) is 5.41 Å². The molecule has 6 heteroatoms. The van der Waals surface area contributed by atoms with Gasteiger partial charge in [-0.2, -0.15) is 0 Å². The third-order valence-corrected chi connectivity index (χ3v) is 3.57. The lowest BCUT2D eigenvalue weighted by molar-refractivity contribution is 1.04. The van der Waals surface area contributed by atoms with Crippen LogP contribution in [0.3, 0.4) is 0 Å². The van der Waals surface area contributed by atoms with Crippen LogP contribution in [0.1, 0.15) is 11.3 Å². The predicted molar refractivity (Wildman–Crippen MR) is 74.1 cm³/mol. The van der Waals surface area contributed by atoms with Gasteiger partial charge in [-0.3, -0.25) is 5.41 Å². The Morgan fingerprint density at radius 3 is 2.67 bits per heavy atom. The van der Waals surface area contributed by atoms with E-state index in [0.29, 0.717) is 5.69 Å². The summed E-state index contributed by atoms with van der Waals surface area (Å²) < 4.78 is 0. The quantitative estimate of drug-likeness (QED) is 0.512. The summed E-state index contributed by atoms with van der Waals surface area (Å²) in [7, 11) is 0. The summed E-state index contributed by atoms with van der Waals surface area (Å²) in [5.41, 5.74) is 6.75. The highest BCUT2D eigenvalue weighted by atomic mass is 35.5. The third-order valence-electron chi connectivity index (χ3n) is 2.24. The molecule has 0 bridgehead atoms. The average molecular weight is 279 g/mol. The van der Waals surface area contributed by atoms with E-state index in [1.807, 2.05) is 24.3 Å². The lowest BCUT2D eigenvalue weighted by Gasteiger charge is -2.03. The fourth-order valence-corrected chi connectivity index (χ4v) is 2.39. The Balaban J connectivity index is 2.02. The largest absolute Gasteiger partial charge is 0.382 e. The molecule has 1 aromatic carbocycles. The lowest BCUT2D eigenvalue weighted by atomic mass is 10.2. The van der Waals surface area contributed by atoms with Gasteiger partial charge in [-0.1, -0.05) is 29.8 Å². The van der Waals surface area contributed by atoms with Crippen molar-refractivity contribution in [3.63, 3.8) is 0 Å². The van der Waals surface area contributed by atoms with Crippen molar-refractivity contribution in [2.75, 3.05) is 0 Å². The molecule has 0 atom stereocenters. The molecule has 3 N–H and O–H groups in total. The molecule has 0 saturated heterocycles. The summed E-state index contributed by atoms with van der Waals surface area (Å²) in [6, 6.07) is 7.69. The van der Waals surface area contributed by atoms with Crippen molar-refractivity contribution < 1.29 is 0 Å². The van der Waals surface area contributed by atoms with Crippen molar-refractivity contribution in [1.82, 2.24) is 9.97 Å². The highest BCUT2D eigenvalue weighted by Gasteiger charge is 2.03. The molecule has 92 valence electrons. The Hall–Kier alpha value is -1.59. The Labute approximate surface area is 114 Å². The maximum Gasteiger partial charge on any atom is 0.143 e. The maximum atomic E-state index is 7.22. The summed E-state index contributed by atoms with van der Waals surface area (Å²) in [5.74, 6) is 0.651. The van der Waals surface area contributed by atoms with Crippen LogP contribution in [-0.4, -0.2) is 15.8 Å². The number of nitrogens with one attached hydrogen (secondary N) is 1. The molecule has 1 aromatic heterocycles. The van der Waals surface area contributed by atoms with Gasteiger partial charge in [0, 0.05) is 10.8 Å². The zero-order chi connectivity index (χ0) is 13.0. The molecule has 0 radical (unpaired) electrons. The minimum absolute atomic E-state index is 0.0786. The van der Waals surface area contributed by atoms with Crippen molar-refractivity contribution in [3.05, 3.63) is 52.9 Å². The normalized spacial score (nSPS) is 10.3. The summed E-state index contributed by atoms with van der Waals surface area (Å²) in [4.78, 5) is 8.23. The molecule has 0 spiro atoms. The van der Waals surface area contributed by atoms with Crippen LogP contribution in [0.4, 0.5) is 0 Å². The van der Waals surface area contributed by atoms with Gasteiger partial charge in [0.25, 0.3) is 0 Å². The molecule has 18 heavy (non-hydrogen) atoms.